The number of hydrogen-bond acceptors (Lipinski definition) is 3. The van der Waals surface area contributed by atoms with E-state index in [1.165, 1.54) is 19.3 Å². The molecule has 13 heavy (non-hydrogen) atoms. The Hall–Kier alpha value is -0.120. The van der Waals surface area contributed by atoms with Crippen LogP contribution in [0.15, 0.2) is 0 Å². The van der Waals surface area contributed by atoms with Gasteiger partial charge in [-0.15, -0.1) is 0 Å². The van der Waals surface area contributed by atoms with Gasteiger partial charge < -0.3 is 14.8 Å². The van der Waals surface area contributed by atoms with Crippen molar-refractivity contribution in [3.63, 3.8) is 0 Å². The Labute approximate surface area is 80.8 Å². The molecule has 3 heteroatoms. The number of unbranched alkanes of at least 4 members (excludes halogenated alkanes) is 2. The van der Waals surface area contributed by atoms with Crippen molar-refractivity contribution in [3.05, 3.63) is 0 Å². The summed E-state index contributed by atoms with van der Waals surface area (Å²) in [6, 6.07) is 0. The van der Waals surface area contributed by atoms with Crippen LogP contribution in [0.1, 0.15) is 26.2 Å². The van der Waals surface area contributed by atoms with Crippen molar-refractivity contribution in [2.45, 2.75) is 32.3 Å². The van der Waals surface area contributed by atoms with E-state index < -0.39 is 0 Å². The summed E-state index contributed by atoms with van der Waals surface area (Å²) in [5.41, 5.74) is 0. The fourth-order valence-electron chi connectivity index (χ4n) is 1.40. The van der Waals surface area contributed by atoms with Crippen molar-refractivity contribution >= 4 is 0 Å². The Bertz CT molecular complexity index is 113. The van der Waals surface area contributed by atoms with E-state index in [1.807, 2.05) is 0 Å². The Kier molecular flexibility index (Phi) is 6.15. The van der Waals surface area contributed by atoms with E-state index >= 15 is 0 Å². The molecule has 1 heterocycles. The Morgan fingerprint density at radius 2 is 2.38 bits per heavy atom. The van der Waals surface area contributed by atoms with Crippen LogP contribution >= 0.6 is 0 Å². The van der Waals surface area contributed by atoms with Crippen LogP contribution in [0.25, 0.3) is 0 Å². The van der Waals surface area contributed by atoms with Crippen LogP contribution in [0.4, 0.5) is 0 Å². The molecule has 0 aliphatic carbocycles. The van der Waals surface area contributed by atoms with Crippen LogP contribution in [-0.4, -0.2) is 39.0 Å². The minimum atomic E-state index is 0.273. The quantitative estimate of drug-likeness (QED) is 0.633. The maximum Gasteiger partial charge on any atom is 0.0933 e. The second-order valence-corrected chi connectivity index (χ2v) is 3.48. The largest absolute Gasteiger partial charge is 0.379 e. The van der Waals surface area contributed by atoms with Gasteiger partial charge >= 0.3 is 0 Å². The SMILES string of the molecule is CCCCCOCC1CNCCO1. The van der Waals surface area contributed by atoms with Crippen molar-refractivity contribution < 1.29 is 9.47 Å². The maximum absolute atomic E-state index is 5.51. The van der Waals surface area contributed by atoms with Gasteiger partial charge in [-0.3, -0.25) is 0 Å². The van der Waals surface area contributed by atoms with Gasteiger partial charge in [0.25, 0.3) is 0 Å². The van der Waals surface area contributed by atoms with E-state index in [1.54, 1.807) is 0 Å². The van der Waals surface area contributed by atoms with E-state index in [0.717, 1.165) is 32.9 Å². The number of nitrogens with one attached hydrogen (secondary N) is 1. The Balaban J connectivity index is 1.86. The minimum Gasteiger partial charge on any atom is -0.379 e. The van der Waals surface area contributed by atoms with Crippen LogP contribution in [0.5, 0.6) is 0 Å². The molecule has 1 fully saturated rings. The second-order valence-electron chi connectivity index (χ2n) is 3.48. The molecular formula is C10H21NO2. The molecule has 0 spiro atoms. The lowest BCUT2D eigenvalue weighted by atomic mass is 10.3. The number of morpholine rings is 1. The summed E-state index contributed by atoms with van der Waals surface area (Å²) in [5, 5.41) is 3.28. The van der Waals surface area contributed by atoms with E-state index in [4.69, 9.17) is 9.47 Å². The minimum absolute atomic E-state index is 0.273. The maximum atomic E-state index is 5.51. The first-order valence-corrected chi connectivity index (χ1v) is 5.33. The molecule has 1 aliphatic heterocycles. The number of rotatable bonds is 6. The summed E-state index contributed by atoms with van der Waals surface area (Å²) in [7, 11) is 0. The first-order valence-electron chi connectivity index (χ1n) is 5.33. The molecule has 0 saturated carbocycles. The highest BCUT2D eigenvalue weighted by Crippen LogP contribution is 1.99. The summed E-state index contributed by atoms with van der Waals surface area (Å²) in [6.07, 6.45) is 3.97. The zero-order valence-electron chi connectivity index (χ0n) is 8.55. The molecule has 0 bridgehead atoms. The molecule has 1 unspecified atom stereocenters. The van der Waals surface area contributed by atoms with E-state index in [0.29, 0.717) is 0 Å². The van der Waals surface area contributed by atoms with E-state index in [2.05, 4.69) is 12.2 Å². The lowest BCUT2D eigenvalue weighted by Crippen LogP contribution is -2.41. The monoisotopic (exact) mass is 187 g/mol. The smallest absolute Gasteiger partial charge is 0.0933 e. The van der Waals surface area contributed by atoms with Gasteiger partial charge in [-0.1, -0.05) is 19.8 Å². The summed E-state index contributed by atoms with van der Waals surface area (Å²) in [5.74, 6) is 0. The van der Waals surface area contributed by atoms with Crippen molar-refractivity contribution in [2.75, 3.05) is 32.9 Å². The molecule has 1 saturated heterocycles. The molecule has 0 aromatic carbocycles. The fraction of sp³-hybridized carbons (Fsp3) is 1.00. The normalized spacial score (nSPS) is 23.3. The van der Waals surface area contributed by atoms with Gasteiger partial charge in [0.1, 0.15) is 0 Å². The number of hydrogen-bond donors (Lipinski definition) is 1. The zero-order valence-corrected chi connectivity index (χ0v) is 8.55. The molecule has 0 aromatic heterocycles. The first-order chi connectivity index (χ1) is 6.43. The predicted octanol–water partition coefficient (Wildman–Crippen LogP) is 1.18. The average Bonchev–Trinajstić information content (AvgIpc) is 2.19. The lowest BCUT2D eigenvalue weighted by molar-refractivity contribution is -0.0318. The van der Waals surface area contributed by atoms with Gasteiger partial charge in [-0.25, -0.2) is 0 Å². The molecule has 78 valence electrons. The van der Waals surface area contributed by atoms with E-state index in [-0.39, 0.29) is 6.10 Å². The molecule has 1 atom stereocenters. The standard InChI is InChI=1S/C10H21NO2/c1-2-3-4-6-12-9-10-8-11-5-7-13-10/h10-11H,2-9H2,1H3. The van der Waals surface area contributed by atoms with Gasteiger partial charge in [0, 0.05) is 19.7 Å². The summed E-state index contributed by atoms with van der Waals surface area (Å²) in [6.45, 7) is 6.57. The van der Waals surface area contributed by atoms with Crippen molar-refractivity contribution in [2.24, 2.45) is 0 Å². The van der Waals surface area contributed by atoms with Crippen LogP contribution in [0, 0.1) is 0 Å². The lowest BCUT2D eigenvalue weighted by Gasteiger charge is -2.23. The van der Waals surface area contributed by atoms with Crippen LogP contribution < -0.4 is 5.32 Å². The predicted molar refractivity (Wildman–Crippen MR) is 53.0 cm³/mol. The number of ether oxygens (including phenoxy) is 2. The molecular weight excluding hydrogens is 166 g/mol. The van der Waals surface area contributed by atoms with Crippen LogP contribution in [0.2, 0.25) is 0 Å². The molecule has 0 radical (unpaired) electrons. The molecule has 0 amide bonds. The van der Waals surface area contributed by atoms with Gasteiger partial charge in [0.2, 0.25) is 0 Å². The molecule has 1 N–H and O–H groups in total. The van der Waals surface area contributed by atoms with E-state index in [9.17, 15) is 0 Å². The topological polar surface area (TPSA) is 30.5 Å². The van der Waals surface area contributed by atoms with Crippen LogP contribution in [0.3, 0.4) is 0 Å². The third-order valence-corrected chi connectivity index (χ3v) is 2.20. The fourth-order valence-corrected chi connectivity index (χ4v) is 1.40. The summed E-state index contributed by atoms with van der Waals surface area (Å²) in [4.78, 5) is 0. The molecule has 3 nitrogen and oxygen atoms in total. The van der Waals surface area contributed by atoms with Crippen molar-refractivity contribution in [1.82, 2.24) is 5.32 Å². The van der Waals surface area contributed by atoms with Gasteiger partial charge in [-0.05, 0) is 6.42 Å². The second kappa shape index (κ2) is 7.30. The molecule has 1 rings (SSSR count). The third-order valence-electron chi connectivity index (χ3n) is 2.20. The average molecular weight is 187 g/mol. The Morgan fingerprint density at radius 1 is 1.46 bits per heavy atom. The summed E-state index contributed by atoms with van der Waals surface area (Å²) >= 11 is 0. The zero-order chi connectivity index (χ0) is 9.36. The van der Waals surface area contributed by atoms with Crippen molar-refractivity contribution in [1.29, 1.82) is 0 Å². The summed E-state index contributed by atoms with van der Waals surface area (Å²) < 4.78 is 11.0. The van der Waals surface area contributed by atoms with Gasteiger partial charge in [-0.2, -0.15) is 0 Å². The molecule has 1 aliphatic rings. The van der Waals surface area contributed by atoms with Gasteiger partial charge in [0.15, 0.2) is 0 Å². The first kappa shape index (κ1) is 11.0. The van der Waals surface area contributed by atoms with Crippen molar-refractivity contribution in [3.8, 4) is 0 Å². The highest BCUT2D eigenvalue weighted by molar-refractivity contribution is 4.65. The highest BCUT2D eigenvalue weighted by atomic mass is 16.5. The molecule has 0 aromatic rings. The van der Waals surface area contributed by atoms with Crippen LogP contribution in [-0.2, 0) is 9.47 Å². The Morgan fingerprint density at radius 3 is 3.08 bits per heavy atom. The highest BCUT2D eigenvalue weighted by Gasteiger charge is 2.12. The van der Waals surface area contributed by atoms with Gasteiger partial charge in [0.05, 0.1) is 19.3 Å². The third kappa shape index (κ3) is 5.24.